The minimum Gasteiger partial charge on any atom is -0.481 e. The van der Waals surface area contributed by atoms with Crippen molar-refractivity contribution in [2.45, 2.75) is 130 Å². The molecule has 0 unspecified atom stereocenters. The standard InChI is InChI=1S/C30H51NO6/c1-5-8-23-22-12-11-20-17-21(37-28(36)25(31)18-27(34)35)13-15-30(20,4)24(22)14-16-29(23,3)19(2)9-6-7-10-26(32)33/h19-25H,5-18,31H2,1-4H3,(H,32,33)(H,34,35)/t19-,20-,21-,22+,23+,24+,25-,29-,30+/m1/s1. The summed E-state index contributed by atoms with van der Waals surface area (Å²) in [6, 6.07) is -1.10. The number of rotatable bonds is 12. The van der Waals surface area contributed by atoms with E-state index in [4.69, 9.17) is 20.7 Å². The normalized spacial score (nSPS) is 37.1. The quantitative estimate of drug-likeness (QED) is 0.211. The van der Waals surface area contributed by atoms with Gasteiger partial charge in [0, 0.05) is 6.42 Å². The molecule has 0 saturated heterocycles. The highest BCUT2D eigenvalue weighted by Gasteiger charge is 2.57. The Labute approximate surface area is 223 Å². The van der Waals surface area contributed by atoms with Crippen molar-refractivity contribution in [3.8, 4) is 0 Å². The van der Waals surface area contributed by atoms with Crippen LogP contribution in [0.5, 0.6) is 0 Å². The van der Waals surface area contributed by atoms with Crippen LogP contribution in [0.25, 0.3) is 0 Å². The Balaban J connectivity index is 1.66. The first kappa shape index (κ1) is 29.9. The Hall–Kier alpha value is -1.63. The number of hydrogen-bond acceptors (Lipinski definition) is 5. The van der Waals surface area contributed by atoms with E-state index in [1.54, 1.807) is 0 Å². The van der Waals surface area contributed by atoms with E-state index in [2.05, 4.69) is 27.7 Å². The number of unbranched alkanes of at least 4 members (excludes halogenated alkanes) is 1. The topological polar surface area (TPSA) is 127 Å². The third-order valence-electron chi connectivity index (χ3n) is 11.0. The zero-order valence-corrected chi connectivity index (χ0v) is 23.5. The van der Waals surface area contributed by atoms with Crippen molar-refractivity contribution in [2.24, 2.45) is 46.2 Å². The summed E-state index contributed by atoms with van der Waals surface area (Å²) in [5.41, 5.74) is 6.30. The molecule has 0 bridgehead atoms. The fourth-order valence-corrected chi connectivity index (χ4v) is 8.72. The van der Waals surface area contributed by atoms with E-state index >= 15 is 0 Å². The van der Waals surface area contributed by atoms with Gasteiger partial charge in [-0.1, -0.05) is 47.0 Å². The minimum atomic E-state index is -1.10. The highest BCUT2D eigenvalue weighted by Crippen LogP contribution is 2.65. The van der Waals surface area contributed by atoms with E-state index in [0.29, 0.717) is 29.1 Å². The Bertz CT molecular complexity index is 816. The number of nitrogens with two attached hydrogens (primary N) is 1. The van der Waals surface area contributed by atoms with Gasteiger partial charge in [0.15, 0.2) is 0 Å². The van der Waals surface area contributed by atoms with Gasteiger partial charge in [-0.2, -0.15) is 0 Å². The molecule has 0 aromatic carbocycles. The monoisotopic (exact) mass is 521 g/mol. The number of aliphatic carboxylic acids is 2. The lowest BCUT2D eigenvalue weighted by Crippen LogP contribution is -2.55. The summed E-state index contributed by atoms with van der Waals surface area (Å²) in [5, 5.41) is 17.9. The van der Waals surface area contributed by atoms with Crippen molar-refractivity contribution in [3.05, 3.63) is 0 Å². The van der Waals surface area contributed by atoms with E-state index in [-0.39, 0.29) is 17.9 Å². The summed E-state index contributed by atoms with van der Waals surface area (Å²) in [4.78, 5) is 34.2. The van der Waals surface area contributed by atoms with Crippen molar-refractivity contribution in [2.75, 3.05) is 0 Å². The number of carboxylic acid groups (broad SMARTS) is 2. The zero-order valence-electron chi connectivity index (χ0n) is 23.5. The van der Waals surface area contributed by atoms with E-state index in [1.807, 2.05) is 0 Å². The first-order valence-electron chi connectivity index (χ1n) is 14.8. The second-order valence-electron chi connectivity index (χ2n) is 13.1. The lowest BCUT2D eigenvalue weighted by atomic mass is 9.43. The van der Waals surface area contributed by atoms with Crippen LogP contribution >= 0.6 is 0 Å². The van der Waals surface area contributed by atoms with Crippen LogP contribution in [0.3, 0.4) is 0 Å². The zero-order chi connectivity index (χ0) is 27.4. The Kier molecular flexibility index (Phi) is 10.1. The average molecular weight is 522 g/mol. The molecule has 0 amide bonds. The lowest BCUT2D eigenvalue weighted by molar-refractivity contribution is -0.167. The molecule has 3 aliphatic carbocycles. The first-order chi connectivity index (χ1) is 17.4. The van der Waals surface area contributed by atoms with Gasteiger partial charge in [0.2, 0.25) is 0 Å². The average Bonchev–Trinajstić information content (AvgIpc) is 2.83. The van der Waals surface area contributed by atoms with Gasteiger partial charge in [-0.25, -0.2) is 0 Å². The fourth-order valence-electron chi connectivity index (χ4n) is 8.72. The fraction of sp³-hybridized carbons (Fsp3) is 0.900. The molecular formula is C30H51NO6. The molecule has 4 N–H and O–H groups in total. The molecule has 3 aliphatic rings. The van der Waals surface area contributed by atoms with E-state index in [9.17, 15) is 14.4 Å². The number of esters is 1. The lowest BCUT2D eigenvalue weighted by Gasteiger charge is -2.62. The Morgan fingerprint density at radius 3 is 2.41 bits per heavy atom. The van der Waals surface area contributed by atoms with E-state index < -0.39 is 30.4 Å². The SMILES string of the molecule is CCC[C@H]1[C@@H]2CC[C@@H]3C[C@H](OC(=O)[C@H](N)CC(=O)O)CC[C@]3(C)[C@H]2CC[C@]1(C)[C@H](C)CCCCC(=O)O. The molecule has 212 valence electrons. The van der Waals surface area contributed by atoms with E-state index in [1.165, 1.54) is 32.1 Å². The summed E-state index contributed by atoms with van der Waals surface area (Å²) >= 11 is 0. The molecule has 0 heterocycles. The van der Waals surface area contributed by atoms with Crippen molar-refractivity contribution in [1.82, 2.24) is 0 Å². The van der Waals surface area contributed by atoms with Crippen LogP contribution in [-0.4, -0.2) is 40.3 Å². The van der Waals surface area contributed by atoms with Gasteiger partial charge in [0.05, 0.1) is 6.42 Å². The maximum Gasteiger partial charge on any atom is 0.323 e. The second-order valence-corrected chi connectivity index (χ2v) is 13.1. The van der Waals surface area contributed by atoms with Gasteiger partial charge in [-0.15, -0.1) is 0 Å². The molecule has 3 saturated carbocycles. The molecule has 0 radical (unpaired) electrons. The first-order valence-corrected chi connectivity index (χ1v) is 14.8. The number of carboxylic acids is 2. The van der Waals surface area contributed by atoms with Crippen LogP contribution in [0.2, 0.25) is 0 Å². The third-order valence-corrected chi connectivity index (χ3v) is 11.0. The molecule has 3 fully saturated rings. The number of carbonyl (C=O) groups is 3. The van der Waals surface area contributed by atoms with Crippen LogP contribution in [0.4, 0.5) is 0 Å². The maximum atomic E-state index is 12.4. The number of ether oxygens (including phenoxy) is 1. The van der Waals surface area contributed by atoms with Gasteiger partial charge in [-0.3, -0.25) is 14.4 Å². The molecule has 3 rings (SSSR count). The molecular weight excluding hydrogens is 470 g/mol. The van der Waals surface area contributed by atoms with Crippen LogP contribution in [0, 0.1) is 40.4 Å². The molecule has 7 heteroatoms. The highest BCUT2D eigenvalue weighted by molar-refractivity contribution is 5.81. The number of fused-ring (bicyclic) bond motifs is 3. The van der Waals surface area contributed by atoms with Crippen molar-refractivity contribution < 1.29 is 29.3 Å². The summed E-state index contributed by atoms with van der Waals surface area (Å²) in [5.74, 6) is 0.878. The Morgan fingerprint density at radius 2 is 1.76 bits per heavy atom. The molecule has 37 heavy (non-hydrogen) atoms. The van der Waals surface area contributed by atoms with E-state index in [0.717, 1.165) is 50.9 Å². The molecule has 0 aromatic rings. The largest absolute Gasteiger partial charge is 0.481 e. The molecule has 0 aromatic heterocycles. The summed E-state index contributed by atoms with van der Waals surface area (Å²) < 4.78 is 5.71. The van der Waals surface area contributed by atoms with Gasteiger partial charge in [-0.05, 0) is 98.2 Å². The summed E-state index contributed by atoms with van der Waals surface area (Å²) in [6.07, 6.45) is 12.7. The van der Waals surface area contributed by atoms with Crippen LogP contribution in [-0.2, 0) is 19.1 Å². The minimum absolute atomic E-state index is 0.159. The smallest absolute Gasteiger partial charge is 0.323 e. The molecule has 7 nitrogen and oxygen atoms in total. The molecule has 9 atom stereocenters. The summed E-state index contributed by atoms with van der Waals surface area (Å²) in [6.45, 7) is 9.73. The van der Waals surface area contributed by atoms with Crippen molar-refractivity contribution in [1.29, 1.82) is 0 Å². The maximum absolute atomic E-state index is 12.4. The van der Waals surface area contributed by atoms with Gasteiger partial charge < -0.3 is 20.7 Å². The van der Waals surface area contributed by atoms with Crippen LogP contribution in [0.1, 0.15) is 118 Å². The predicted molar refractivity (Wildman–Crippen MR) is 143 cm³/mol. The predicted octanol–water partition coefficient (Wildman–Crippen LogP) is 6.03. The van der Waals surface area contributed by atoms with Crippen LogP contribution < -0.4 is 5.73 Å². The molecule has 0 aliphatic heterocycles. The third kappa shape index (κ3) is 6.69. The summed E-state index contributed by atoms with van der Waals surface area (Å²) in [7, 11) is 0. The van der Waals surface area contributed by atoms with Gasteiger partial charge >= 0.3 is 17.9 Å². The second kappa shape index (κ2) is 12.5. The molecule has 0 spiro atoms. The van der Waals surface area contributed by atoms with Crippen LogP contribution in [0.15, 0.2) is 0 Å². The van der Waals surface area contributed by atoms with Gasteiger partial charge in [0.25, 0.3) is 0 Å². The van der Waals surface area contributed by atoms with Crippen molar-refractivity contribution >= 4 is 17.9 Å². The highest BCUT2D eigenvalue weighted by atomic mass is 16.5. The van der Waals surface area contributed by atoms with Gasteiger partial charge in [0.1, 0.15) is 12.1 Å². The number of hydrogen-bond donors (Lipinski definition) is 3. The Morgan fingerprint density at radius 1 is 1.03 bits per heavy atom. The van der Waals surface area contributed by atoms with Crippen molar-refractivity contribution in [3.63, 3.8) is 0 Å². The number of carbonyl (C=O) groups excluding carboxylic acids is 1.